The number of thioether (sulfide) groups is 1. The van der Waals surface area contributed by atoms with Gasteiger partial charge in [-0.05, 0) is 44.3 Å². The van der Waals surface area contributed by atoms with Crippen LogP contribution in [-0.2, 0) is 19.1 Å². The molecule has 3 atom stereocenters. The van der Waals surface area contributed by atoms with Gasteiger partial charge in [0.1, 0.15) is 0 Å². The molecule has 0 saturated carbocycles. The molecule has 1 aliphatic rings. The fourth-order valence-electron chi connectivity index (χ4n) is 3.23. The molecule has 1 amide bonds. The van der Waals surface area contributed by atoms with E-state index in [1.54, 1.807) is 0 Å². The van der Waals surface area contributed by atoms with Crippen LogP contribution < -0.4 is 0 Å². The van der Waals surface area contributed by atoms with Gasteiger partial charge in [0.2, 0.25) is 10.3 Å². The highest BCUT2D eigenvalue weighted by Gasteiger charge is 2.40. The van der Waals surface area contributed by atoms with Crippen LogP contribution >= 0.6 is 24.0 Å². The Morgan fingerprint density at radius 2 is 1.88 bits per heavy atom. The number of carbonyl (C=O) groups excluding carboxylic acids is 2. The maximum atomic E-state index is 12.4. The van der Waals surface area contributed by atoms with Gasteiger partial charge in [-0.3, -0.25) is 9.59 Å². The second-order valence-electron chi connectivity index (χ2n) is 7.43. The van der Waals surface area contributed by atoms with E-state index in [0.29, 0.717) is 30.4 Å². The van der Waals surface area contributed by atoms with E-state index >= 15 is 0 Å². The second-order valence-corrected chi connectivity index (χ2v) is 9.41. The van der Waals surface area contributed by atoms with Gasteiger partial charge in [0.25, 0.3) is 0 Å². The molecular formula is C19H33NO4S2. The monoisotopic (exact) mass is 403 g/mol. The van der Waals surface area contributed by atoms with Crippen molar-refractivity contribution in [2.45, 2.75) is 72.1 Å². The van der Waals surface area contributed by atoms with Crippen molar-refractivity contribution in [2.24, 2.45) is 11.3 Å². The Hall–Kier alpha value is -0.820. The topological polar surface area (TPSA) is 55.8 Å². The van der Waals surface area contributed by atoms with Crippen LogP contribution in [0.15, 0.2) is 0 Å². The Bertz CT molecular complexity index is 510. The highest BCUT2D eigenvalue weighted by Crippen LogP contribution is 2.38. The summed E-state index contributed by atoms with van der Waals surface area (Å²) in [5.41, 5.74) is -0.304. The minimum Gasteiger partial charge on any atom is -0.479 e. The first-order chi connectivity index (χ1) is 12.1. The molecule has 0 aromatic rings. The molecule has 0 aromatic heterocycles. The number of hydrogen-bond donors (Lipinski definition) is 0. The second kappa shape index (κ2) is 10.5. The molecule has 0 bridgehead atoms. The van der Waals surface area contributed by atoms with Crippen molar-refractivity contribution in [3.8, 4) is 0 Å². The van der Waals surface area contributed by atoms with Crippen LogP contribution in [0.5, 0.6) is 0 Å². The highest BCUT2D eigenvalue weighted by molar-refractivity contribution is 8.23. The largest absolute Gasteiger partial charge is 0.479 e. The molecule has 1 saturated heterocycles. The SMILES string of the molecule is CCOC(=O)C(C)C(C)(C)CC(C(C)SC(=S)OCC)N1CCCC1=O. The Morgan fingerprint density at radius 1 is 1.27 bits per heavy atom. The highest BCUT2D eigenvalue weighted by atomic mass is 32.2. The molecule has 1 fully saturated rings. The number of ether oxygens (including phenoxy) is 2. The Labute approximate surface area is 167 Å². The predicted molar refractivity (Wildman–Crippen MR) is 110 cm³/mol. The lowest BCUT2D eigenvalue weighted by atomic mass is 9.74. The molecule has 0 aliphatic carbocycles. The summed E-state index contributed by atoms with van der Waals surface area (Å²) >= 11 is 6.78. The summed E-state index contributed by atoms with van der Waals surface area (Å²) in [7, 11) is 0. The van der Waals surface area contributed by atoms with Crippen molar-refractivity contribution in [1.82, 2.24) is 4.90 Å². The fraction of sp³-hybridized carbons (Fsp3) is 0.842. The first-order valence-corrected chi connectivity index (χ1v) is 10.7. The molecule has 0 radical (unpaired) electrons. The molecule has 26 heavy (non-hydrogen) atoms. The van der Waals surface area contributed by atoms with Crippen molar-refractivity contribution >= 4 is 40.2 Å². The zero-order valence-electron chi connectivity index (χ0n) is 16.9. The summed E-state index contributed by atoms with van der Waals surface area (Å²) in [6.07, 6.45) is 2.19. The standard InChI is InChI=1S/C19H33NO4S2/c1-7-23-17(22)13(3)19(5,6)12-15(20-11-9-10-16(20)21)14(4)26-18(25)24-8-2/h13-15H,7-12H2,1-6H3. The molecule has 150 valence electrons. The van der Waals surface area contributed by atoms with E-state index in [0.717, 1.165) is 13.0 Å². The molecule has 0 spiro atoms. The Morgan fingerprint density at radius 3 is 2.38 bits per heavy atom. The molecule has 0 aromatic carbocycles. The Kier molecular flexibility index (Phi) is 9.38. The van der Waals surface area contributed by atoms with Crippen molar-refractivity contribution in [3.05, 3.63) is 0 Å². The quantitative estimate of drug-likeness (QED) is 0.428. The van der Waals surface area contributed by atoms with Crippen molar-refractivity contribution in [1.29, 1.82) is 0 Å². The molecule has 3 unspecified atom stereocenters. The lowest BCUT2D eigenvalue weighted by molar-refractivity contribution is -0.151. The first kappa shape index (κ1) is 23.2. The van der Waals surface area contributed by atoms with Crippen LogP contribution in [0.25, 0.3) is 0 Å². The number of esters is 1. The van der Waals surface area contributed by atoms with E-state index in [1.807, 2.05) is 25.7 Å². The predicted octanol–water partition coefficient (Wildman–Crippen LogP) is 4.04. The third-order valence-electron chi connectivity index (χ3n) is 5.14. The third kappa shape index (κ3) is 6.41. The van der Waals surface area contributed by atoms with E-state index in [9.17, 15) is 9.59 Å². The summed E-state index contributed by atoms with van der Waals surface area (Å²) in [6, 6.07) is 0.000262. The van der Waals surface area contributed by atoms with E-state index in [1.165, 1.54) is 11.8 Å². The van der Waals surface area contributed by atoms with Gasteiger partial charge in [-0.1, -0.05) is 39.5 Å². The molecule has 5 nitrogen and oxygen atoms in total. The number of likely N-dealkylation sites (tertiary alicyclic amines) is 1. The normalized spacial score (nSPS) is 18.4. The smallest absolute Gasteiger partial charge is 0.309 e. The van der Waals surface area contributed by atoms with Crippen LogP contribution in [0, 0.1) is 11.3 Å². The van der Waals surface area contributed by atoms with E-state index < -0.39 is 0 Å². The summed E-state index contributed by atoms with van der Waals surface area (Å²) in [6.45, 7) is 13.5. The third-order valence-corrected chi connectivity index (χ3v) is 6.55. The lowest BCUT2D eigenvalue weighted by Gasteiger charge is -2.40. The van der Waals surface area contributed by atoms with Crippen LogP contribution in [0.3, 0.4) is 0 Å². The lowest BCUT2D eigenvalue weighted by Crippen LogP contribution is -2.46. The van der Waals surface area contributed by atoms with Gasteiger partial charge >= 0.3 is 5.97 Å². The van der Waals surface area contributed by atoms with Crippen molar-refractivity contribution in [2.75, 3.05) is 19.8 Å². The molecule has 1 rings (SSSR count). The van der Waals surface area contributed by atoms with E-state index in [4.69, 9.17) is 21.7 Å². The molecular weight excluding hydrogens is 370 g/mol. The van der Waals surface area contributed by atoms with E-state index in [-0.39, 0.29) is 34.5 Å². The summed E-state index contributed by atoms with van der Waals surface area (Å²) in [4.78, 5) is 26.6. The van der Waals surface area contributed by atoms with Crippen LogP contribution in [0.2, 0.25) is 0 Å². The average Bonchev–Trinajstić information content (AvgIpc) is 2.98. The van der Waals surface area contributed by atoms with Gasteiger partial charge in [0.05, 0.1) is 19.1 Å². The van der Waals surface area contributed by atoms with Crippen LogP contribution in [0.4, 0.5) is 0 Å². The number of carbonyl (C=O) groups is 2. The molecule has 1 aliphatic heterocycles. The zero-order valence-corrected chi connectivity index (χ0v) is 18.5. The number of hydrogen-bond acceptors (Lipinski definition) is 6. The summed E-state index contributed by atoms with van der Waals surface area (Å²) in [5, 5.41) is 0.0878. The van der Waals surface area contributed by atoms with Gasteiger partial charge < -0.3 is 14.4 Å². The van der Waals surface area contributed by atoms with Crippen LogP contribution in [-0.4, -0.2) is 52.2 Å². The maximum Gasteiger partial charge on any atom is 0.309 e. The van der Waals surface area contributed by atoms with Crippen LogP contribution in [0.1, 0.15) is 60.8 Å². The number of thiocarbonyl (C=S) groups is 1. The molecule has 0 N–H and O–H groups in total. The minimum absolute atomic E-state index is 0.000262. The van der Waals surface area contributed by atoms with Crippen molar-refractivity contribution < 1.29 is 19.1 Å². The van der Waals surface area contributed by atoms with Gasteiger partial charge in [-0.25, -0.2) is 0 Å². The van der Waals surface area contributed by atoms with Crippen molar-refractivity contribution in [3.63, 3.8) is 0 Å². The van der Waals surface area contributed by atoms with Gasteiger partial charge in [0, 0.05) is 24.3 Å². The van der Waals surface area contributed by atoms with Gasteiger partial charge in [-0.2, -0.15) is 0 Å². The Balaban J connectivity index is 2.95. The van der Waals surface area contributed by atoms with Gasteiger partial charge in [0.15, 0.2) is 0 Å². The number of rotatable bonds is 9. The summed E-state index contributed by atoms with van der Waals surface area (Å²) in [5.74, 6) is -0.253. The molecule has 7 heteroatoms. The minimum atomic E-state index is -0.304. The van der Waals surface area contributed by atoms with E-state index in [2.05, 4.69) is 20.8 Å². The zero-order chi connectivity index (χ0) is 19.9. The average molecular weight is 404 g/mol. The maximum absolute atomic E-state index is 12.4. The first-order valence-electron chi connectivity index (χ1n) is 9.43. The summed E-state index contributed by atoms with van der Waals surface area (Å²) < 4.78 is 11.1. The fourth-order valence-corrected chi connectivity index (χ4v) is 4.70. The van der Waals surface area contributed by atoms with Gasteiger partial charge in [-0.15, -0.1) is 0 Å². The number of amides is 1. The number of nitrogens with zero attached hydrogens (tertiary/aromatic N) is 1. The molecule has 1 heterocycles.